The second-order valence-corrected chi connectivity index (χ2v) is 10.8. The third-order valence-electron chi connectivity index (χ3n) is 8.20. The Hall–Kier alpha value is -4.01. The summed E-state index contributed by atoms with van der Waals surface area (Å²) in [5.41, 5.74) is 4.84. The van der Waals surface area contributed by atoms with Gasteiger partial charge in [0.15, 0.2) is 11.3 Å². The first-order valence-corrected chi connectivity index (χ1v) is 13.4. The van der Waals surface area contributed by atoms with Gasteiger partial charge in [0.05, 0.1) is 43.3 Å². The number of aromatic nitrogens is 5. The SMILES string of the molecule is COCC(c1cnn2cc(C(NC(=O)c3nonc3C)C3CC4=C(CCC4)C3)nc2c1)N1CC(C(F)(F)F)NC1=O. The van der Waals surface area contributed by atoms with E-state index in [0.717, 1.165) is 37.0 Å². The molecule has 1 fully saturated rings. The van der Waals surface area contributed by atoms with Crippen LogP contribution in [-0.4, -0.2) is 74.2 Å². The molecule has 0 aromatic carbocycles. The largest absolute Gasteiger partial charge is 0.410 e. The number of rotatable bonds is 8. The molecule has 1 saturated heterocycles. The van der Waals surface area contributed by atoms with Crippen molar-refractivity contribution in [2.24, 2.45) is 5.92 Å². The van der Waals surface area contributed by atoms with Crippen LogP contribution in [0.4, 0.5) is 18.0 Å². The van der Waals surface area contributed by atoms with Crippen LogP contribution in [0.2, 0.25) is 0 Å². The van der Waals surface area contributed by atoms with E-state index < -0.39 is 42.8 Å². The van der Waals surface area contributed by atoms with Crippen molar-refractivity contribution < 1.29 is 32.1 Å². The number of amides is 3. The lowest BCUT2D eigenvalue weighted by Gasteiger charge is -2.26. The minimum absolute atomic E-state index is 0.0352. The summed E-state index contributed by atoms with van der Waals surface area (Å²) < 4.78 is 51.4. The molecule has 3 unspecified atom stereocenters. The summed E-state index contributed by atoms with van der Waals surface area (Å²) in [6.07, 6.45) is 3.63. The molecule has 6 rings (SSSR count). The Morgan fingerprint density at radius 1 is 1.27 bits per heavy atom. The summed E-state index contributed by atoms with van der Waals surface area (Å²) in [6.45, 7) is 1.05. The molecule has 0 saturated carbocycles. The fraction of sp³-hybridized carbons (Fsp3) is 0.538. The van der Waals surface area contributed by atoms with Gasteiger partial charge in [-0.3, -0.25) is 4.79 Å². The number of imidazole rings is 1. The molecule has 2 N–H and O–H groups in total. The van der Waals surface area contributed by atoms with Gasteiger partial charge in [0.2, 0.25) is 0 Å². The van der Waals surface area contributed by atoms with E-state index in [-0.39, 0.29) is 18.2 Å². The summed E-state index contributed by atoms with van der Waals surface area (Å²) in [5, 5.41) is 16.9. The lowest BCUT2D eigenvalue weighted by molar-refractivity contribution is -0.150. The Morgan fingerprint density at radius 3 is 2.66 bits per heavy atom. The van der Waals surface area contributed by atoms with Gasteiger partial charge < -0.3 is 20.3 Å². The maximum Gasteiger partial charge on any atom is 0.410 e. The summed E-state index contributed by atoms with van der Waals surface area (Å²) in [5.74, 6) is -0.339. The predicted octanol–water partition coefficient (Wildman–Crippen LogP) is 3.43. The molecule has 1 aliphatic heterocycles. The lowest BCUT2D eigenvalue weighted by Crippen LogP contribution is -2.40. The van der Waals surface area contributed by atoms with E-state index >= 15 is 0 Å². The monoisotopic (exact) mass is 574 g/mol. The van der Waals surface area contributed by atoms with Crippen LogP contribution in [0, 0.1) is 12.8 Å². The van der Waals surface area contributed by atoms with Gasteiger partial charge in [0.25, 0.3) is 5.91 Å². The number of carbonyl (C=O) groups is 2. The van der Waals surface area contributed by atoms with Gasteiger partial charge in [0.1, 0.15) is 11.7 Å². The number of ether oxygens (including phenoxy) is 1. The predicted molar refractivity (Wildman–Crippen MR) is 136 cm³/mol. The van der Waals surface area contributed by atoms with Crippen molar-refractivity contribution >= 4 is 17.6 Å². The quantitative estimate of drug-likeness (QED) is 0.390. The highest BCUT2D eigenvalue weighted by molar-refractivity contribution is 5.93. The number of fused-ring (bicyclic) bond motifs is 1. The number of nitrogens with zero attached hydrogens (tertiary/aromatic N) is 6. The number of urea groups is 1. The first kappa shape index (κ1) is 27.2. The van der Waals surface area contributed by atoms with Crippen LogP contribution in [0.1, 0.15) is 71.6 Å². The second kappa shape index (κ2) is 10.4. The average Bonchev–Trinajstić information content (AvgIpc) is 3.73. The van der Waals surface area contributed by atoms with Crippen molar-refractivity contribution in [2.75, 3.05) is 20.3 Å². The molecule has 3 aliphatic rings. The van der Waals surface area contributed by atoms with Gasteiger partial charge in [-0.2, -0.15) is 18.3 Å². The van der Waals surface area contributed by atoms with Crippen LogP contribution in [0.3, 0.4) is 0 Å². The van der Waals surface area contributed by atoms with E-state index in [9.17, 15) is 22.8 Å². The molecule has 3 aromatic rings. The Kier molecular flexibility index (Phi) is 6.91. The minimum Gasteiger partial charge on any atom is -0.382 e. The standard InChI is InChI=1S/C26H29F3N8O4/c1-13-22(35-41-34-13)24(38)33-23(16-6-14-4-3-5-15(14)7-16)18-10-37-21(31-18)8-17(9-30-37)19(12-40-2)36-11-20(26(27,28)29)32-25(36)39/h8-10,16,19-20,23H,3-7,11-12H2,1-2H3,(H,32,39)(H,33,38). The molecule has 41 heavy (non-hydrogen) atoms. The summed E-state index contributed by atoms with van der Waals surface area (Å²) in [6, 6.07) is -2.41. The molecule has 0 spiro atoms. The third-order valence-corrected chi connectivity index (χ3v) is 8.20. The number of aryl methyl sites for hydroxylation is 1. The highest BCUT2D eigenvalue weighted by Crippen LogP contribution is 2.46. The van der Waals surface area contributed by atoms with Gasteiger partial charge in [-0.1, -0.05) is 16.3 Å². The normalized spacial score (nSPS) is 21.0. The smallest absolute Gasteiger partial charge is 0.382 e. The molecule has 218 valence electrons. The Balaban J connectivity index is 1.30. The highest BCUT2D eigenvalue weighted by atomic mass is 19.4. The molecule has 4 heterocycles. The molecule has 3 atom stereocenters. The Morgan fingerprint density at radius 2 is 2.02 bits per heavy atom. The summed E-state index contributed by atoms with van der Waals surface area (Å²) >= 11 is 0. The van der Waals surface area contributed by atoms with Crippen molar-refractivity contribution in [1.82, 2.24) is 40.4 Å². The number of nitrogens with one attached hydrogen (secondary N) is 2. The number of hydrogen-bond acceptors (Lipinski definition) is 8. The van der Waals surface area contributed by atoms with E-state index in [1.54, 1.807) is 23.7 Å². The minimum atomic E-state index is -4.57. The van der Waals surface area contributed by atoms with Crippen LogP contribution in [0.25, 0.3) is 5.65 Å². The molecule has 3 aromatic heterocycles. The number of methoxy groups -OCH3 is 1. The maximum atomic E-state index is 13.3. The van der Waals surface area contributed by atoms with E-state index in [4.69, 9.17) is 14.3 Å². The van der Waals surface area contributed by atoms with E-state index in [1.807, 2.05) is 5.32 Å². The van der Waals surface area contributed by atoms with Crippen LogP contribution in [-0.2, 0) is 4.74 Å². The maximum absolute atomic E-state index is 13.3. The topological polar surface area (TPSA) is 140 Å². The number of halogens is 3. The van der Waals surface area contributed by atoms with Crippen molar-refractivity contribution in [2.45, 2.75) is 63.3 Å². The van der Waals surface area contributed by atoms with Gasteiger partial charge in [-0.15, -0.1) is 0 Å². The van der Waals surface area contributed by atoms with E-state index in [1.165, 1.54) is 24.5 Å². The molecule has 0 bridgehead atoms. The van der Waals surface area contributed by atoms with Crippen molar-refractivity contribution in [3.8, 4) is 0 Å². The molecule has 12 nitrogen and oxygen atoms in total. The summed E-state index contributed by atoms with van der Waals surface area (Å²) in [4.78, 5) is 31.5. The van der Waals surface area contributed by atoms with Crippen molar-refractivity contribution in [3.05, 3.63) is 52.3 Å². The van der Waals surface area contributed by atoms with Gasteiger partial charge in [-0.05, 0) is 56.2 Å². The Bertz CT molecular complexity index is 1500. The Labute approximate surface area is 232 Å². The third kappa shape index (κ3) is 5.13. The van der Waals surface area contributed by atoms with Crippen LogP contribution in [0.5, 0.6) is 0 Å². The fourth-order valence-electron chi connectivity index (χ4n) is 6.16. The van der Waals surface area contributed by atoms with Gasteiger partial charge in [0, 0.05) is 12.7 Å². The first-order chi connectivity index (χ1) is 19.6. The zero-order valence-corrected chi connectivity index (χ0v) is 22.4. The first-order valence-electron chi connectivity index (χ1n) is 13.4. The van der Waals surface area contributed by atoms with E-state index in [2.05, 4.69) is 20.7 Å². The van der Waals surface area contributed by atoms with Gasteiger partial charge >= 0.3 is 12.2 Å². The van der Waals surface area contributed by atoms with Crippen molar-refractivity contribution in [3.63, 3.8) is 0 Å². The number of hydrogen-bond donors (Lipinski definition) is 2. The number of allylic oxidation sites excluding steroid dienone is 2. The highest BCUT2D eigenvalue weighted by Gasteiger charge is 2.48. The van der Waals surface area contributed by atoms with Gasteiger partial charge in [-0.25, -0.2) is 18.9 Å². The fourth-order valence-corrected chi connectivity index (χ4v) is 6.16. The zero-order chi connectivity index (χ0) is 28.9. The zero-order valence-electron chi connectivity index (χ0n) is 22.4. The van der Waals surface area contributed by atoms with Crippen LogP contribution in [0.15, 0.2) is 34.2 Å². The molecule has 15 heteroatoms. The van der Waals surface area contributed by atoms with E-state index in [0.29, 0.717) is 22.6 Å². The molecular weight excluding hydrogens is 545 g/mol. The number of alkyl halides is 3. The van der Waals surface area contributed by atoms with Crippen molar-refractivity contribution in [1.29, 1.82) is 0 Å². The summed E-state index contributed by atoms with van der Waals surface area (Å²) in [7, 11) is 1.41. The molecular formula is C26H29F3N8O4. The molecule has 0 radical (unpaired) electrons. The van der Waals surface area contributed by atoms with Crippen LogP contribution >= 0.6 is 0 Å². The number of carbonyl (C=O) groups excluding carboxylic acids is 2. The average molecular weight is 575 g/mol. The molecule has 3 amide bonds. The van der Waals surface area contributed by atoms with Crippen LogP contribution < -0.4 is 10.6 Å². The second-order valence-electron chi connectivity index (χ2n) is 10.8. The molecule has 2 aliphatic carbocycles. The lowest BCUT2D eigenvalue weighted by atomic mass is 9.91.